The van der Waals surface area contributed by atoms with Crippen molar-refractivity contribution in [2.45, 2.75) is 0 Å². The first-order valence-electron chi connectivity index (χ1n) is 2.52. The first kappa shape index (κ1) is 16.4. The number of carbonyl (C=O) groups is 1. The van der Waals surface area contributed by atoms with Crippen LogP contribution in [-0.4, -0.2) is 88.7 Å². The van der Waals surface area contributed by atoms with Gasteiger partial charge in [-0.15, -0.1) is 0 Å². The van der Waals surface area contributed by atoms with Crippen molar-refractivity contribution in [1.29, 1.82) is 0 Å². The van der Waals surface area contributed by atoms with Crippen LogP contribution in [0, 0.1) is 0 Å². The van der Waals surface area contributed by atoms with Gasteiger partial charge in [0.2, 0.25) is 0 Å². The minimum atomic E-state index is -4.52. The van der Waals surface area contributed by atoms with Crippen LogP contribution in [0.1, 0.15) is 0 Å². The summed E-state index contributed by atoms with van der Waals surface area (Å²) in [7, 11) is -9.04. The van der Waals surface area contributed by atoms with Crippen LogP contribution in [0.2, 0.25) is 0 Å². The average molecular weight is 308 g/mol. The number of ketones is 1. The Morgan fingerprint density at radius 1 is 0.923 bits per heavy atom. The molecule has 0 aromatic heterocycles. The standard InChI is InChI=1S/C3H6O7S2.Sr.2H/c4-3(1-11(5,6)7)2-12(8,9)10;;;/h1-2H2,(H,5,6,7)(H,8,9,10);;;. The fourth-order valence-corrected chi connectivity index (χ4v) is 1.60. The molecule has 10 heteroatoms. The molecule has 2 N–H and O–H groups in total. The number of Topliss-reactive ketones (excluding diaryl/α,β-unsaturated/α-hetero) is 1. The summed E-state index contributed by atoms with van der Waals surface area (Å²) in [6, 6.07) is 0. The third-order valence-electron chi connectivity index (χ3n) is 0.687. The molecule has 0 unspecified atom stereocenters. The summed E-state index contributed by atoms with van der Waals surface area (Å²) in [4.78, 5) is 10.4. The van der Waals surface area contributed by atoms with E-state index in [0.29, 0.717) is 0 Å². The van der Waals surface area contributed by atoms with Gasteiger partial charge in [-0.05, 0) is 0 Å². The predicted octanol–water partition coefficient (Wildman–Crippen LogP) is -2.59. The monoisotopic (exact) mass is 308 g/mol. The first-order chi connectivity index (χ1) is 5.10. The van der Waals surface area contributed by atoms with Crippen LogP contribution in [0.3, 0.4) is 0 Å². The van der Waals surface area contributed by atoms with E-state index in [-0.39, 0.29) is 45.5 Å². The number of hydrogen-bond donors (Lipinski definition) is 2. The average Bonchev–Trinajstić information content (AvgIpc) is 1.49. The second kappa shape index (κ2) is 5.76. The summed E-state index contributed by atoms with van der Waals surface area (Å²) < 4.78 is 56.1. The predicted molar refractivity (Wildman–Crippen MR) is 46.4 cm³/mol. The van der Waals surface area contributed by atoms with E-state index in [1.807, 2.05) is 0 Å². The fraction of sp³-hybridized carbons (Fsp3) is 0.667. The minimum absolute atomic E-state index is 0. The Kier molecular flexibility index (Phi) is 7.26. The zero-order valence-corrected chi connectivity index (χ0v) is 7.30. The molecule has 0 aliphatic heterocycles. The van der Waals surface area contributed by atoms with Crippen molar-refractivity contribution in [2.75, 3.05) is 11.5 Å². The van der Waals surface area contributed by atoms with Crippen molar-refractivity contribution in [1.82, 2.24) is 0 Å². The molecular weight excluding hydrogens is 300 g/mol. The van der Waals surface area contributed by atoms with Gasteiger partial charge < -0.3 is 0 Å². The van der Waals surface area contributed by atoms with Crippen LogP contribution < -0.4 is 0 Å². The van der Waals surface area contributed by atoms with E-state index in [2.05, 4.69) is 0 Å². The molecule has 0 bridgehead atoms. The Bertz CT molecular complexity index is 329. The molecule has 0 atom stereocenters. The van der Waals surface area contributed by atoms with E-state index >= 15 is 0 Å². The van der Waals surface area contributed by atoms with E-state index in [0.717, 1.165) is 0 Å². The molecule has 0 aliphatic rings. The van der Waals surface area contributed by atoms with E-state index < -0.39 is 37.5 Å². The van der Waals surface area contributed by atoms with E-state index in [1.165, 1.54) is 0 Å². The molecule has 0 fully saturated rings. The molecule has 0 aliphatic carbocycles. The van der Waals surface area contributed by atoms with Crippen LogP contribution in [0.5, 0.6) is 0 Å². The zero-order chi connectivity index (χ0) is 9.99. The SMILES string of the molecule is O=C(CS(=O)(=O)O)CS(=O)(=O)O.[SrH2]. The summed E-state index contributed by atoms with van der Waals surface area (Å²) in [5.41, 5.74) is 0. The molecule has 0 saturated heterocycles. The molecule has 0 amide bonds. The second-order valence-corrected chi connectivity index (χ2v) is 4.90. The van der Waals surface area contributed by atoms with Gasteiger partial charge in [-0.1, -0.05) is 0 Å². The molecule has 76 valence electrons. The van der Waals surface area contributed by atoms with Crippen molar-refractivity contribution in [3.8, 4) is 0 Å². The molecule has 7 nitrogen and oxygen atoms in total. The van der Waals surface area contributed by atoms with E-state index in [1.54, 1.807) is 0 Å². The van der Waals surface area contributed by atoms with Crippen LogP contribution in [0.25, 0.3) is 0 Å². The Morgan fingerprint density at radius 3 is 1.31 bits per heavy atom. The third-order valence-corrected chi connectivity index (χ3v) is 2.06. The number of hydrogen-bond acceptors (Lipinski definition) is 5. The summed E-state index contributed by atoms with van der Waals surface area (Å²) in [5, 5.41) is 0. The van der Waals surface area contributed by atoms with Gasteiger partial charge in [-0.3, -0.25) is 13.9 Å². The zero-order valence-electron chi connectivity index (χ0n) is 5.67. The quantitative estimate of drug-likeness (QED) is 0.431. The molecule has 13 heavy (non-hydrogen) atoms. The molecule has 0 aromatic rings. The fourth-order valence-electron chi connectivity index (χ4n) is 0.449. The van der Waals surface area contributed by atoms with E-state index in [4.69, 9.17) is 9.11 Å². The Balaban J connectivity index is 0. The third kappa shape index (κ3) is 13.0. The van der Waals surface area contributed by atoms with Crippen molar-refractivity contribution < 1.29 is 30.7 Å². The first-order valence-corrected chi connectivity index (χ1v) is 5.74. The van der Waals surface area contributed by atoms with Crippen molar-refractivity contribution in [3.63, 3.8) is 0 Å². The molecule has 0 radical (unpaired) electrons. The second-order valence-electron chi connectivity index (χ2n) is 1.99. The van der Waals surface area contributed by atoms with Crippen molar-refractivity contribution in [2.24, 2.45) is 0 Å². The molecule has 0 rings (SSSR count). The molecular formula is C3H8O7S2Sr. The summed E-state index contributed by atoms with van der Waals surface area (Å²) >= 11 is 0. The van der Waals surface area contributed by atoms with Gasteiger partial charge in [0, 0.05) is 0 Å². The summed E-state index contributed by atoms with van der Waals surface area (Å²) in [6.07, 6.45) is 0. The number of rotatable bonds is 4. The van der Waals surface area contributed by atoms with Gasteiger partial charge in [-0.25, -0.2) is 0 Å². The van der Waals surface area contributed by atoms with Crippen LogP contribution >= 0.6 is 0 Å². The van der Waals surface area contributed by atoms with Gasteiger partial charge in [0.05, 0.1) is 0 Å². The van der Waals surface area contributed by atoms with Crippen LogP contribution in [0.15, 0.2) is 0 Å². The Morgan fingerprint density at radius 2 is 1.15 bits per heavy atom. The maximum absolute atomic E-state index is 10.4. The summed E-state index contributed by atoms with van der Waals surface area (Å²) in [5.74, 6) is -3.92. The Labute approximate surface area is 112 Å². The van der Waals surface area contributed by atoms with E-state index in [9.17, 15) is 21.6 Å². The van der Waals surface area contributed by atoms with Gasteiger partial charge >= 0.3 is 45.5 Å². The molecule has 0 heterocycles. The summed E-state index contributed by atoms with van der Waals surface area (Å²) in [6.45, 7) is 0. The topological polar surface area (TPSA) is 126 Å². The van der Waals surface area contributed by atoms with Crippen LogP contribution in [-0.2, 0) is 25.0 Å². The molecule has 0 saturated carbocycles. The van der Waals surface area contributed by atoms with Gasteiger partial charge in [0.1, 0.15) is 11.5 Å². The molecule has 0 aromatic carbocycles. The van der Waals surface area contributed by atoms with Crippen molar-refractivity contribution >= 4 is 71.5 Å². The number of carbonyl (C=O) groups excluding carboxylic acids is 1. The van der Waals surface area contributed by atoms with Crippen LogP contribution in [0.4, 0.5) is 0 Å². The van der Waals surface area contributed by atoms with Gasteiger partial charge in [0.25, 0.3) is 20.2 Å². The Hall–Kier alpha value is 0.971. The normalized spacial score (nSPS) is 11.8. The van der Waals surface area contributed by atoms with Gasteiger partial charge in [0.15, 0.2) is 5.78 Å². The maximum atomic E-state index is 10.4. The molecule has 0 spiro atoms. The van der Waals surface area contributed by atoms with Crippen molar-refractivity contribution in [3.05, 3.63) is 0 Å². The van der Waals surface area contributed by atoms with Gasteiger partial charge in [-0.2, -0.15) is 16.8 Å².